The van der Waals surface area contributed by atoms with Crippen LogP contribution in [0, 0.1) is 12.3 Å². The van der Waals surface area contributed by atoms with E-state index in [1.165, 1.54) is 6.08 Å². The summed E-state index contributed by atoms with van der Waals surface area (Å²) in [5.41, 5.74) is 1.51. The summed E-state index contributed by atoms with van der Waals surface area (Å²) in [5, 5.41) is 2.80. The third-order valence-corrected chi connectivity index (χ3v) is 5.43. The van der Waals surface area contributed by atoms with Crippen molar-refractivity contribution in [2.24, 2.45) is 0 Å². The van der Waals surface area contributed by atoms with E-state index in [0.717, 1.165) is 10.5 Å². The molecule has 0 atom stereocenters. The molecule has 35 heavy (non-hydrogen) atoms. The minimum absolute atomic E-state index is 0.127. The summed E-state index contributed by atoms with van der Waals surface area (Å²) in [7, 11) is 0. The molecule has 1 saturated heterocycles. The Bertz CT molecular complexity index is 1340. The molecule has 0 bridgehead atoms. The Morgan fingerprint density at radius 2 is 1.57 bits per heavy atom. The van der Waals surface area contributed by atoms with Gasteiger partial charge in [0.1, 0.15) is 30.3 Å². The normalized spacial score (nSPS) is 14.5. The van der Waals surface area contributed by atoms with Crippen molar-refractivity contribution in [2.45, 2.75) is 6.61 Å². The predicted molar refractivity (Wildman–Crippen MR) is 132 cm³/mol. The summed E-state index contributed by atoms with van der Waals surface area (Å²) < 4.78 is 11.1. The topological polar surface area (TPSA) is 84.9 Å². The highest BCUT2D eigenvalue weighted by atomic mass is 35.5. The van der Waals surface area contributed by atoms with Gasteiger partial charge in [-0.15, -0.1) is 6.42 Å². The van der Waals surface area contributed by atoms with Gasteiger partial charge in [-0.25, -0.2) is 9.69 Å². The summed E-state index contributed by atoms with van der Waals surface area (Å²) in [6, 6.07) is 19.5. The first-order valence-corrected chi connectivity index (χ1v) is 10.9. The number of terminal acetylenes is 1. The molecule has 4 rings (SSSR count). The standard InChI is InChI=1S/C27H19ClN2O5/c1-2-15-34-21-11-7-18(8-12-21)16-23-25(31)29-27(33)30(26(23)32)20-9-13-22(14-10-20)35-17-19-5-3-4-6-24(19)28/h1,3-14,16H,15,17H2,(H,29,31,33)/b23-16+. The first-order valence-electron chi connectivity index (χ1n) is 10.5. The molecular formula is C27H19ClN2O5. The number of carbonyl (C=O) groups excluding carboxylic acids is 3. The van der Waals surface area contributed by atoms with Gasteiger partial charge in [0.15, 0.2) is 0 Å². The van der Waals surface area contributed by atoms with Gasteiger partial charge in [0.25, 0.3) is 11.8 Å². The Morgan fingerprint density at radius 3 is 2.26 bits per heavy atom. The van der Waals surface area contributed by atoms with E-state index in [9.17, 15) is 14.4 Å². The highest BCUT2D eigenvalue weighted by Gasteiger charge is 2.36. The lowest BCUT2D eigenvalue weighted by Gasteiger charge is -2.26. The van der Waals surface area contributed by atoms with Crippen LogP contribution in [0.5, 0.6) is 11.5 Å². The van der Waals surface area contributed by atoms with Gasteiger partial charge in [0.2, 0.25) is 0 Å². The van der Waals surface area contributed by atoms with Gasteiger partial charge < -0.3 is 9.47 Å². The highest BCUT2D eigenvalue weighted by molar-refractivity contribution is 6.39. The smallest absolute Gasteiger partial charge is 0.335 e. The van der Waals surface area contributed by atoms with Crippen LogP contribution in [0.4, 0.5) is 10.5 Å². The number of imide groups is 2. The van der Waals surface area contributed by atoms with E-state index in [0.29, 0.717) is 22.1 Å². The van der Waals surface area contributed by atoms with Gasteiger partial charge in [-0.3, -0.25) is 14.9 Å². The van der Waals surface area contributed by atoms with E-state index >= 15 is 0 Å². The Morgan fingerprint density at radius 1 is 0.914 bits per heavy atom. The molecule has 0 saturated carbocycles. The van der Waals surface area contributed by atoms with E-state index in [1.54, 1.807) is 54.6 Å². The third-order valence-electron chi connectivity index (χ3n) is 5.06. The molecule has 3 aromatic rings. The van der Waals surface area contributed by atoms with Crippen molar-refractivity contribution in [1.82, 2.24) is 5.32 Å². The number of anilines is 1. The van der Waals surface area contributed by atoms with E-state index < -0.39 is 17.8 Å². The summed E-state index contributed by atoms with van der Waals surface area (Å²) >= 11 is 6.15. The largest absolute Gasteiger partial charge is 0.489 e. The number of hydrogen-bond donors (Lipinski definition) is 1. The third kappa shape index (κ3) is 5.52. The zero-order valence-corrected chi connectivity index (χ0v) is 19.1. The Hall–Kier alpha value is -4.54. The molecule has 1 aliphatic heterocycles. The zero-order valence-electron chi connectivity index (χ0n) is 18.4. The SMILES string of the molecule is C#CCOc1ccc(/C=C2\C(=O)NC(=O)N(c3ccc(OCc4ccccc4Cl)cc3)C2=O)cc1. The van der Waals surface area contributed by atoms with Crippen LogP contribution in [-0.4, -0.2) is 24.5 Å². The van der Waals surface area contributed by atoms with Gasteiger partial charge in [-0.2, -0.15) is 0 Å². The van der Waals surface area contributed by atoms with Crippen LogP contribution >= 0.6 is 11.6 Å². The number of hydrogen-bond acceptors (Lipinski definition) is 5. The van der Waals surface area contributed by atoms with Crippen molar-refractivity contribution in [2.75, 3.05) is 11.5 Å². The maximum Gasteiger partial charge on any atom is 0.335 e. The number of amides is 4. The molecule has 0 aliphatic carbocycles. The van der Waals surface area contributed by atoms with Crippen LogP contribution < -0.4 is 19.7 Å². The van der Waals surface area contributed by atoms with Crippen molar-refractivity contribution in [3.63, 3.8) is 0 Å². The Kier molecular flexibility index (Phi) is 7.15. The Labute approximate surface area is 206 Å². The minimum atomic E-state index is -0.833. The first-order chi connectivity index (χ1) is 17.0. The number of benzene rings is 3. The van der Waals surface area contributed by atoms with Crippen LogP contribution in [0.2, 0.25) is 5.02 Å². The lowest BCUT2D eigenvalue weighted by molar-refractivity contribution is -0.122. The number of rotatable bonds is 7. The zero-order chi connectivity index (χ0) is 24.8. The van der Waals surface area contributed by atoms with Crippen molar-refractivity contribution in [3.05, 3.63) is 94.5 Å². The van der Waals surface area contributed by atoms with Crippen molar-refractivity contribution in [1.29, 1.82) is 0 Å². The van der Waals surface area contributed by atoms with Gasteiger partial charge in [0, 0.05) is 10.6 Å². The second kappa shape index (κ2) is 10.6. The molecule has 1 aliphatic rings. The molecule has 7 nitrogen and oxygen atoms in total. The van der Waals surface area contributed by atoms with Crippen molar-refractivity contribution in [3.8, 4) is 23.8 Å². The van der Waals surface area contributed by atoms with Crippen LogP contribution in [0.3, 0.4) is 0 Å². The average molecular weight is 487 g/mol. The van der Waals surface area contributed by atoms with E-state index in [2.05, 4.69) is 11.2 Å². The molecule has 0 spiro atoms. The molecule has 0 unspecified atom stereocenters. The molecular weight excluding hydrogens is 468 g/mol. The van der Waals surface area contributed by atoms with Gasteiger partial charge in [-0.1, -0.05) is 47.9 Å². The molecule has 4 amide bonds. The van der Waals surface area contributed by atoms with Crippen LogP contribution in [0.1, 0.15) is 11.1 Å². The van der Waals surface area contributed by atoms with Crippen molar-refractivity contribution >= 4 is 41.2 Å². The maximum atomic E-state index is 13.1. The highest BCUT2D eigenvalue weighted by Crippen LogP contribution is 2.26. The second-order valence-corrected chi connectivity index (χ2v) is 7.80. The van der Waals surface area contributed by atoms with Gasteiger partial charge in [0.05, 0.1) is 5.69 Å². The molecule has 3 aromatic carbocycles. The van der Waals surface area contributed by atoms with Gasteiger partial charge >= 0.3 is 6.03 Å². The number of barbiturate groups is 1. The number of urea groups is 1. The fourth-order valence-corrected chi connectivity index (χ4v) is 3.50. The fraction of sp³-hybridized carbons (Fsp3) is 0.0741. The van der Waals surface area contributed by atoms with Crippen molar-refractivity contribution < 1.29 is 23.9 Å². The van der Waals surface area contributed by atoms with E-state index in [4.69, 9.17) is 27.5 Å². The molecule has 8 heteroatoms. The van der Waals surface area contributed by atoms with Gasteiger partial charge in [-0.05, 0) is 54.1 Å². The maximum absolute atomic E-state index is 13.1. The quantitative estimate of drug-likeness (QED) is 0.300. The van der Waals surface area contributed by atoms with Crippen LogP contribution in [0.25, 0.3) is 6.08 Å². The molecule has 1 fully saturated rings. The lowest BCUT2D eigenvalue weighted by Crippen LogP contribution is -2.54. The number of nitrogens with one attached hydrogen (secondary N) is 1. The minimum Gasteiger partial charge on any atom is -0.489 e. The van der Waals surface area contributed by atoms with Crippen LogP contribution in [-0.2, 0) is 16.2 Å². The second-order valence-electron chi connectivity index (χ2n) is 7.39. The summed E-state index contributed by atoms with van der Waals surface area (Å²) in [5.74, 6) is 1.94. The Balaban J connectivity index is 1.50. The average Bonchev–Trinajstić information content (AvgIpc) is 2.86. The predicted octanol–water partition coefficient (Wildman–Crippen LogP) is 4.60. The number of ether oxygens (including phenoxy) is 2. The summed E-state index contributed by atoms with van der Waals surface area (Å²) in [6.45, 7) is 0.387. The molecule has 174 valence electrons. The number of halogens is 1. The number of nitrogens with zero attached hydrogens (tertiary/aromatic N) is 1. The fourth-order valence-electron chi connectivity index (χ4n) is 3.31. The molecule has 0 aromatic heterocycles. The first kappa shape index (κ1) is 23.6. The molecule has 1 heterocycles. The van der Waals surface area contributed by atoms with E-state index in [-0.39, 0.29) is 24.5 Å². The summed E-state index contributed by atoms with van der Waals surface area (Å²) in [6.07, 6.45) is 6.58. The summed E-state index contributed by atoms with van der Waals surface area (Å²) in [4.78, 5) is 38.8. The lowest BCUT2D eigenvalue weighted by atomic mass is 10.1. The van der Waals surface area contributed by atoms with E-state index in [1.807, 2.05) is 18.2 Å². The molecule has 0 radical (unpaired) electrons. The van der Waals surface area contributed by atoms with Crippen LogP contribution in [0.15, 0.2) is 78.4 Å². The number of carbonyl (C=O) groups is 3. The molecule has 1 N–H and O–H groups in total. The monoisotopic (exact) mass is 486 g/mol.